The Morgan fingerprint density at radius 3 is 2.74 bits per heavy atom. The number of phenolic OH excluding ortho intramolecular Hbond substituents is 2. The van der Waals surface area contributed by atoms with E-state index in [0.717, 1.165) is 11.3 Å². The van der Waals surface area contributed by atoms with E-state index in [2.05, 4.69) is 25.7 Å². The molecule has 2 aromatic heterocycles. The number of nitrogen functional groups attached to an aromatic ring is 1. The topological polar surface area (TPSA) is 213 Å². The van der Waals surface area contributed by atoms with Crippen molar-refractivity contribution < 1.29 is 34.5 Å². The van der Waals surface area contributed by atoms with Crippen LogP contribution in [-0.2, 0) is 19.2 Å². The molecule has 3 aromatic rings. The van der Waals surface area contributed by atoms with Gasteiger partial charge in [-0.05, 0) is 37.6 Å². The Morgan fingerprint density at radius 2 is 2.07 bits per heavy atom. The number of nitrogens with one attached hydrogen (secondary N) is 1. The second-order valence-corrected chi connectivity index (χ2v) is 13.3. The lowest BCUT2D eigenvalue weighted by Crippen LogP contribution is -2.71. The number of carboxylic acids is 1. The first-order chi connectivity index (χ1) is 20.0. The van der Waals surface area contributed by atoms with E-state index in [1.54, 1.807) is 25.3 Å². The molecular weight excluding hydrogens is 627 g/mol. The molecule has 220 valence electrons. The maximum Gasteiger partial charge on any atom is 0.352 e. The molecule has 0 unspecified atom stereocenters. The first-order valence-electron chi connectivity index (χ1n) is 12.2. The van der Waals surface area contributed by atoms with E-state index >= 15 is 0 Å². The zero-order chi connectivity index (χ0) is 30.1. The molecule has 14 nitrogen and oxygen atoms in total. The van der Waals surface area contributed by atoms with Crippen LogP contribution in [0.15, 0.2) is 44.3 Å². The predicted octanol–water partition coefficient (Wildman–Crippen LogP) is 2.31. The Morgan fingerprint density at radius 1 is 1.29 bits per heavy atom. The van der Waals surface area contributed by atoms with Crippen molar-refractivity contribution in [1.29, 1.82) is 0 Å². The van der Waals surface area contributed by atoms with Crippen LogP contribution in [0.4, 0.5) is 5.13 Å². The Bertz CT molecular complexity index is 1620. The third-order valence-corrected chi connectivity index (χ3v) is 10.1. The number of anilines is 1. The number of nitrogens with two attached hydrogens (primary N) is 1. The van der Waals surface area contributed by atoms with E-state index < -0.39 is 29.2 Å². The molecule has 2 atom stereocenters. The van der Waals surface area contributed by atoms with Gasteiger partial charge in [-0.1, -0.05) is 28.3 Å². The van der Waals surface area contributed by atoms with Gasteiger partial charge in [-0.2, -0.15) is 0 Å². The number of phenols is 2. The maximum atomic E-state index is 13.1. The van der Waals surface area contributed by atoms with Gasteiger partial charge in [0.25, 0.3) is 11.8 Å². The number of amides is 2. The number of aromatic nitrogens is 3. The van der Waals surface area contributed by atoms with Crippen LogP contribution in [0, 0.1) is 0 Å². The third kappa shape index (κ3) is 6.01. The van der Waals surface area contributed by atoms with Crippen LogP contribution >= 0.6 is 46.2 Å². The van der Waals surface area contributed by atoms with Crippen LogP contribution in [0.1, 0.15) is 19.5 Å². The molecule has 42 heavy (non-hydrogen) atoms. The number of hydrogen-bond donors (Lipinski definition) is 5. The first-order valence-corrected chi connectivity index (χ1v) is 15.9. The van der Waals surface area contributed by atoms with Crippen molar-refractivity contribution in [1.82, 2.24) is 25.4 Å². The zero-order valence-corrected chi connectivity index (χ0v) is 25.1. The quantitative estimate of drug-likeness (QED) is 0.0702. The van der Waals surface area contributed by atoms with Crippen molar-refractivity contribution in [2.45, 2.75) is 35.7 Å². The van der Waals surface area contributed by atoms with Gasteiger partial charge < -0.3 is 31.2 Å². The van der Waals surface area contributed by atoms with Crippen LogP contribution in [0.25, 0.3) is 10.6 Å². The molecule has 5 rings (SSSR count). The highest BCUT2D eigenvalue weighted by molar-refractivity contribution is 8.01. The van der Waals surface area contributed by atoms with Gasteiger partial charge in [-0.15, -0.1) is 33.3 Å². The van der Waals surface area contributed by atoms with Gasteiger partial charge in [0.2, 0.25) is 0 Å². The van der Waals surface area contributed by atoms with Gasteiger partial charge in [-0.25, -0.2) is 9.78 Å². The standard InChI is InChI=1S/C24H23N7O7S4/c1-9(2)38-30-15(12-8-40-23(25)26-12)18(34)27-16-20(35)31-17(22(36)37)11(6-39-21(16)31)7-41-24-29-28-19(42-24)10-3-4-13(32)14(33)5-10/h3-5,8-9,16,21,32-33H,6-7H2,1-2H3,(H2,25,26)(H,27,34)(H,36,37)/t16-,21-/m1/s1. The lowest BCUT2D eigenvalue weighted by molar-refractivity contribution is -0.150. The minimum Gasteiger partial charge on any atom is -0.504 e. The number of aromatic hydroxyl groups is 2. The molecule has 2 aliphatic rings. The SMILES string of the molecule is CC(C)ON=C(C(=O)N[C@@H]1C(=O)N2C(C(=O)O)=C(CSc3nnc(-c4ccc(O)c(O)c4)s3)CS[C@H]12)c1csc(N)n1. The first kappa shape index (κ1) is 29.6. The van der Waals surface area contributed by atoms with Crippen molar-refractivity contribution >= 4 is 74.8 Å². The van der Waals surface area contributed by atoms with E-state index in [1.807, 2.05) is 0 Å². The van der Waals surface area contributed by atoms with Gasteiger partial charge >= 0.3 is 5.97 Å². The van der Waals surface area contributed by atoms with Crippen molar-refractivity contribution in [3.05, 3.63) is 40.5 Å². The highest BCUT2D eigenvalue weighted by atomic mass is 32.2. The number of β-lactam (4-membered cyclic amide) rings is 1. The molecule has 0 radical (unpaired) electrons. The van der Waals surface area contributed by atoms with Gasteiger partial charge in [0.1, 0.15) is 33.9 Å². The number of aliphatic carboxylic acids is 1. The molecule has 6 N–H and O–H groups in total. The van der Waals surface area contributed by atoms with E-state index in [1.165, 1.54) is 51.9 Å². The average Bonchev–Trinajstić information content (AvgIpc) is 3.60. The van der Waals surface area contributed by atoms with Gasteiger partial charge in [0.15, 0.2) is 26.7 Å². The summed E-state index contributed by atoms with van der Waals surface area (Å²) in [5.41, 5.74) is 6.72. The van der Waals surface area contributed by atoms with Crippen LogP contribution in [0.3, 0.4) is 0 Å². The second-order valence-electron chi connectivity index (χ2n) is 9.15. The summed E-state index contributed by atoms with van der Waals surface area (Å²) >= 11 is 4.96. The number of carbonyl (C=O) groups is 3. The van der Waals surface area contributed by atoms with Crippen molar-refractivity contribution in [3.63, 3.8) is 0 Å². The Labute approximate surface area is 254 Å². The van der Waals surface area contributed by atoms with Gasteiger partial charge in [0.05, 0.1) is 0 Å². The third-order valence-electron chi connectivity index (χ3n) is 5.87. The molecule has 0 aliphatic carbocycles. The number of benzene rings is 1. The largest absolute Gasteiger partial charge is 0.504 e. The van der Waals surface area contributed by atoms with Gasteiger partial charge in [0, 0.05) is 22.4 Å². The lowest BCUT2D eigenvalue weighted by atomic mass is 10.0. The van der Waals surface area contributed by atoms with E-state index in [0.29, 0.717) is 26.2 Å². The molecule has 1 fully saturated rings. The summed E-state index contributed by atoms with van der Waals surface area (Å²) in [6.45, 7) is 3.48. The molecule has 1 aromatic carbocycles. The Hall–Kier alpha value is -3.87. The monoisotopic (exact) mass is 649 g/mol. The number of carboxylic acid groups (broad SMARTS) is 1. The smallest absolute Gasteiger partial charge is 0.352 e. The van der Waals surface area contributed by atoms with Gasteiger partial charge in [-0.3, -0.25) is 14.5 Å². The summed E-state index contributed by atoms with van der Waals surface area (Å²) in [6, 6.07) is 3.34. The normalized spacial score (nSPS) is 18.6. The lowest BCUT2D eigenvalue weighted by Gasteiger charge is -2.49. The molecule has 0 spiro atoms. The highest BCUT2D eigenvalue weighted by Gasteiger charge is 2.54. The van der Waals surface area contributed by atoms with E-state index in [9.17, 15) is 29.7 Å². The molecule has 4 heterocycles. The minimum atomic E-state index is -1.25. The van der Waals surface area contributed by atoms with E-state index in [-0.39, 0.29) is 45.6 Å². The molecule has 0 saturated carbocycles. The van der Waals surface area contributed by atoms with Crippen molar-refractivity contribution in [2.24, 2.45) is 5.16 Å². The Kier molecular flexibility index (Phi) is 8.58. The summed E-state index contributed by atoms with van der Waals surface area (Å²) in [5, 5.41) is 45.7. The minimum absolute atomic E-state index is 0.126. The molecule has 0 bridgehead atoms. The maximum absolute atomic E-state index is 13.1. The molecule has 2 amide bonds. The number of thioether (sulfide) groups is 2. The van der Waals surface area contributed by atoms with Crippen LogP contribution < -0.4 is 11.1 Å². The predicted molar refractivity (Wildman–Crippen MR) is 158 cm³/mol. The van der Waals surface area contributed by atoms with Crippen LogP contribution in [-0.4, -0.2) is 87.9 Å². The summed E-state index contributed by atoms with van der Waals surface area (Å²) < 4.78 is 0.556. The number of rotatable bonds is 10. The Balaban J connectivity index is 1.28. The van der Waals surface area contributed by atoms with Crippen LogP contribution in [0.2, 0.25) is 0 Å². The number of thiazole rings is 1. The van der Waals surface area contributed by atoms with Crippen molar-refractivity contribution in [2.75, 3.05) is 17.2 Å². The van der Waals surface area contributed by atoms with Crippen molar-refractivity contribution in [3.8, 4) is 22.1 Å². The number of oxime groups is 1. The summed E-state index contributed by atoms with van der Waals surface area (Å²) in [6.07, 6.45) is -0.314. The average molecular weight is 650 g/mol. The summed E-state index contributed by atoms with van der Waals surface area (Å²) in [7, 11) is 0. The fraction of sp³-hybridized carbons (Fsp3) is 0.292. The summed E-state index contributed by atoms with van der Waals surface area (Å²) in [4.78, 5) is 49.0. The number of fused-ring (bicyclic) bond motifs is 1. The fourth-order valence-corrected chi connectivity index (χ4v) is 7.83. The van der Waals surface area contributed by atoms with E-state index in [4.69, 9.17) is 10.6 Å². The molecular formula is C24H23N7O7S4. The number of hydrogen-bond acceptors (Lipinski definition) is 15. The highest BCUT2D eigenvalue weighted by Crippen LogP contribution is 2.42. The number of carbonyl (C=O) groups excluding carboxylic acids is 2. The summed E-state index contributed by atoms with van der Waals surface area (Å²) in [5.74, 6) is -2.49. The fourth-order valence-electron chi connectivity index (χ4n) is 3.95. The second kappa shape index (κ2) is 12.2. The van der Waals surface area contributed by atoms with Crippen LogP contribution in [0.5, 0.6) is 11.5 Å². The molecule has 18 heteroatoms. The molecule has 1 saturated heterocycles. The number of nitrogens with zero attached hydrogens (tertiary/aromatic N) is 5. The zero-order valence-electron chi connectivity index (χ0n) is 21.9. The molecule has 2 aliphatic heterocycles.